The van der Waals surface area contributed by atoms with E-state index in [1.807, 2.05) is 19.9 Å². The average molecular weight is 437 g/mol. The van der Waals surface area contributed by atoms with Crippen molar-refractivity contribution in [1.29, 1.82) is 0 Å². The van der Waals surface area contributed by atoms with Crippen molar-refractivity contribution in [2.45, 2.75) is 37.7 Å². The number of carbonyl (C=O) groups is 1. The molecule has 1 fully saturated rings. The number of anilines is 1. The Morgan fingerprint density at radius 3 is 2.52 bits per heavy atom. The Hall–Kier alpha value is -2.09. The molecule has 156 valence electrons. The lowest BCUT2D eigenvalue weighted by molar-refractivity contribution is -0.120. The maximum Gasteiger partial charge on any atom is 0.264 e. The molecule has 0 aromatic heterocycles. The van der Waals surface area contributed by atoms with Gasteiger partial charge in [-0.3, -0.25) is 9.10 Å². The zero-order valence-corrected chi connectivity index (χ0v) is 18.1. The fourth-order valence-electron chi connectivity index (χ4n) is 3.15. The van der Waals surface area contributed by atoms with Crippen molar-refractivity contribution < 1.29 is 17.9 Å². The molecule has 1 atom stereocenters. The van der Waals surface area contributed by atoms with Crippen molar-refractivity contribution in [2.75, 3.05) is 24.0 Å². The van der Waals surface area contributed by atoms with Gasteiger partial charge in [-0.15, -0.1) is 0 Å². The number of hydrogen-bond acceptors (Lipinski definition) is 4. The van der Waals surface area contributed by atoms with Gasteiger partial charge in [0.05, 0.1) is 16.7 Å². The van der Waals surface area contributed by atoms with E-state index in [1.165, 1.54) is 24.3 Å². The van der Waals surface area contributed by atoms with Gasteiger partial charge in [0, 0.05) is 18.2 Å². The van der Waals surface area contributed by atoms with Gasteiger partial charge in [-0.2, -0.15) is 0 Å². The summed E-state index contributed by atoms with van der Waals surface area (Å²) in [4.78, 5) is 12.6. The zero-order chi connectivity index (χ0) is 21.0. The summed E-state index contributed by atoms with van der Waals surface area (Å²) in [7, 11) is -3.95. The number of sulfonamides is 1. The number of rotatable bonds is 7. The largest absolute Gasteiger partial charge is 0.376 e. The third-order valence-corrected chi connectivity index (χ3v) is 7.06. The van der Waals surface area contributed by atoms with Crippen LogP contribution in [0.15, 0.2) is 47.4 Å². The predicted octanol–water partition coefficient (Wildman–Crippen LogP) is 3.45. The van der Waals surface area contributed by atoms with Crippen molar-refractivity contribution in [2.24, 2.45) is 0 Å². The van der Waals surface area contributed by atoms with Crippen LogP contribution in [-0.4, -0.2) is 40.1 Å². The van der Waals surface area contributed by atoms with Crippen LogP contribution in [0.3, 0.4) is 0 Å². The van der Waals surface area contributed by atoms with E-state index < -0.39 is 10.0 Å². The summed E-state index contributed by atoms with van der Waals surface area (Å²) in [5.41, 5.74) is 2.43. The topological polar surface area (TPSA) is 75.7 Å². The molecular formula is C21H25ClN2O4S. The Bertz CT molecular complexity index is 971. The van der Waals surface area contributed by atoms with Gasteiger partial charge in [-0.1, -0.05) is 17.7 Å². The van der Waals surface area contributed by atoms with Crippen molar-refractivity contribution in [1.82, 2.24) is 5.32 Å². The standard InChI is InChI=1S/C21H25ClN2O4S/c1-15-5-8-18(12-16(15)2)24(14-21(25)23-13-19-4-3-11-28-19)29(26,27)20-9-6-17(22)7-10-20/h5-10,12,19H,3-4,11,13-14H2,1-2H3,(H,23,25)/t19-/m1/s1. The quantitative estimate of drug-likeness (QED) is 0.721. The monoisotopic (exact) mass is 436 g/mol. The fraction of sp³-hybridized carbons (Fsp3) is 0.381. The van der Waals surface area contributed by atoms with Gasteiger partial charge in [-0.25, -0.2) is 8.42 Å². The van der Waals surface area contributed by atoms with E-state index in [-0.39, 0.29) is 23.5 Å². The van der Waals surface area contributed by atoms with Crippen LogP contribution >= 0.6 is 11.6 Å². The number of aryl methyl sites for hydroxylation is 2. The molecule has 3 rings (SSSR count). The van der Waals surface area contributed by atoms with E-state index in [9.17, 15) is 13.2 Å². The Labute approximate surface area is 176 Å². The van der Waals surface area contributed by atoms with Crippen LogP contribution in [0.5, 0.6) is 0 Å². The number of ether oxygens (including phenoxy) is 1. The van der Waals surface area contributed by atoms with E-state index in [0.717, 1.165) is 28.3 Å². The summed E-state index contributed by atoms with van der Waals surface area (Å²) < 4.78 is 33.3. The highest BCUT2D eigenvalue weighted by Gasteiger charge is 2.28. The zero-order valence-electron chi connectivity index (χ0n) is 16.5. The molecule has 1 saturated heterocycles. The van der Waals surface area contributed by atoms with Crippen LogP contribution in [0.2, 0.25) is 5.02 Å². The molecule has 0 spiro atoms. The number of benzene rings is 2. The molecule has 0 unspecified atom stereocenters. The van der Waals surface area contributed by atoms with Gasteiger partial charge in [-0.05, 0) is 74.2 Å². The van der Waals surface area contributed by atoms with Crippen LogP contribution < -0.4 is 9.62 Å². The molecule has 1 aliphatic heterocycles. The van der Waals surface area contributed by atoms with Crippen LogP contribution in [0.4, 0.5) is 5.69 Å². The second-order valence-electron chi connectivity index (χ2n) is 7.17. The van der Waals surface area contributed by atoms with Gasteiger partial charge in [0.25, 0.3) is 10.0 Å². The molecule has 2 aromatic carbocycles. The van der Waals surface area contributed by atoms with E-state index in [4.69, 9.17) is 16.3 Å². The average Bonchev–Trinajstić information content (AvgIpc) is 3.21. The molecule has 6 nitrogen and oxygen atoms in total. The Balaban J connectivity index is 1.87. The summed E-state index contributed by atoms with van der Waals surface area (Å²) in [6.07, 6.45) is 1.85. The van der Waals surface area contributed by atoms with E-state index in [1.54, 1.807) is 12.1 Å². The molecule has 8 heteroatoms. The summed E-state index contributed by atoms with van der Waals surface area (Å²) >= 11 is 5.90. The lowest BCUT2D eigenvalue weighted by Crippen LogP contribution is -2.42. The highest BCUT2D eigenvalue weighted by Crippen LogP contribution is 2.26. The molecule has 1 aliphatic rings. The Kier molecular flexibility index (Phi) is 6.82. The summed E-state index contributed by atoms with van der Waals surface area (Å²) in [6.45, 7) is 4.61. The second kappa shape index (κ2) is 9.15. The molecule has 1 amide bonds. The molecule has 0 aliphatic carbocycles. The minimum absolute atomic E-state index is 0.0121. The number of nitrogens with one attached hydrogen (secondary N) is 1. The lowest BCUT2D eigenvalue weighted by Gasteiger charge is -2.25. The van der Waals surface area contributed by atoms with E-state index in [0.29, 0.717) is 23.9 Å². The number of halogens is 1. The molecule has 1 N–H and O–H groups in total. The highest BCUT2D eigenvalue weighted by atomic mass is 35.5. The first-order chi connectivity index (χ1) is 13.8. The van der Waals surface area contributed by atoms with Gasteiger partial charge in [0.1, 0.15) is 6.54 Å². The Morgan fingerprint density at radius 1 is 1.17 bits per heavy atom. The van der Waals surface area contributed by atoms with Crippen molar-refractivity contribution in [3.63, 3.8) is 0 Å². The molecule has 0 bridgehead atoms. The summed E-state index contributed by atoms with van der Waals surface area (Å²) in [5, 5.41) is 3.23. The third kappa shape index (κ3) is 5.29. The molecule has 1 heterocycles. The number of nitrogens with zero attached hydrogens (tertiary/aromatic N) is 1. The number of hydrogen-bond donors (Lipinski definition) is 1. The molecule has 0 radical (unpaired) electrons. The van der Waals surface area contributed by atoms with Crippen molar-refractivity contribution >= 4 is 33.2 Å². The van der Waals surface area contributed by atoms with Crippen molar-refractivity contribution in [3.8, 4) is 0 Å². The Morgan fingerprint density at radius 2 is 1.90 bits per heavy atom. The normalized spacial score (nSPS) is 16.6. The van der Waals surface area contributed by atoms with Gasteiger partial charge in [0.15, 0.2) is 0 Å². The first-order valence-electron chi connectivity index (χ1n) is 9.51. The van der Waals surface area contributed by atoms with Crippen LogP contribution in [0.25, 0.3) is 0 Å². The summed E-state index contributed by atoms with van der Waals surface area (Å²) in [5.74, 6) is -0.378. The van der Waals surface area contributed by atoms with Gasteiger partial charge >= 0.3 is 0 Å². The van der Waals surface area contributed by atoms with Gasteiger partial charge in [0.2, 0.25) is 5.91 Å². The first-order valence-corrected chi connectivity index (χ1v) is 11.3. The minimum atomic E-state index is -3.95. The summed E-state index contributed by atoms with van der Waals surface area (Å²) in [6, 6.07) is 11.2. The lowest BCUT2D eigenvalue weighted by atomic mass is 10.1. The van der Waals surface area contributed by atoms with Gasteiger partial charge < -0.3 is 10.1 Å². The first kappa shape index (κ1) is 21.6. The number of amides is 1. The molecule has 29 heavy (non-hydrogen) atoms. The van der Waals surface area contributed by atoms with E-state index in [2.05, 4.69) is 5.32 Å². The SMILES string of the molecule is Cc1ccc(N(CC(=O)NC[C@H]2CCCO2)S(=O)(=O)c2ccc(Cl)cc2)cc1C. The van der Waals surface area contributed by atoms with E-state index >= 15 is 0 Å². The second-order valence-corrected chi connectivity index (χ2v) is 9.47. The van der Waals surface area contributed by atoms with Crippen LogP contribution in [-0.2, 0) is 19.6 Å². The highest BCUT2D eigenvalue weighted by molar-refractivity contribution is 7.92. The fourth-order valence-corrected chi connectivity index (χ4v) is 4.69. The van der Waals surface area contributed by atoms with Crippen LogP contribution in [0.1, 0.15) is 24.0 Å². The minimum Gasteiger partial charge on any atom is -0.376 e. The predicted molar refractivity (Wildman–Crippen MR) is 114 cm³/mol. The molecule has 2 aromatic rings. The smallest absolute Gasteiger partial charge is 0.264 e. The maximum atomic E-state index is 13.3. The van der Waals surface area contributed by atoms with Crippen molar-refractivity contribution in [3.05, 3.63) is 58.6 Å². The maximum absolute atomic E-state index is 13.3. The molecular weight excluding hydrogens is 412 g/mol. The molecule has 0 saturated carbocycles. The number of carbonyl (C=O) groups excluding carboxylic acids is 1. The third-order valence-electron chi connectivity index (χ3n) is 5.02. The van der Waals surface area contributed by atoms with Crippen LogP contribution in [0, 0.1) is 13.8 Å².